The maximum absolute atomic E-state index is 11.9. The van der Waals surface area contributed by atoms with Gasteiger partial charge in [-0.05, 0) is 25.1 Å². The number of carbonyl (C=O) groups is 2. The zero-order valence-electron chi connectivity index (χ0n) is 14.2. The van der Waals surface area contributed by atoms with Crippen LogP contribution >= 0.6 is 0 Å². The first-order valence-corrected chi connectivity index (χ1v) is 8.30. The molecule has 3 amide bonds. The van der Waals surface area contributed by atoms with E-state index < -0.39 is 6.03 Å². The SMILES string of the molecule is CCCNC(=O)NC(=O)CN(CC)CC1COc2ccccc2O1. The number of imide groups is 1. The van der Waals surface area contributed by atoms with E-state index in [4.69, 9.17) is 9.47 Å². The maximum Gasteiger partial charge on any atom is 0.321 e. The number of benzene rings is 1. The topological polar surface area (TPSA) is 79.9 Å². The monoisotopic (exact) mass is 335 g/mol. The number of nitrogens with zero attached hydrogens (tertiary/aromatic N) is 1. The molecule has 1 aliphatic heterocycles. The molecular formula is C17H25N3O4. The van der Waals surface area contributed by atoms with E-state index in [0.717, 1.165) is 12.2 Å². The van der Waals surface area contributed by atoms with E-state index in [1.54, 1.807) is 0 Å². The molecule has 7 nitrogen and oxygen atoms in total. The first-order chi connectivity index (χ1) is 11.6. The number of fused-ring (bicyclic) bond motifs is 1. The second-order valence-corrected chi connectivity index (χ2v) is 5.63. The van der Waals surface area contributed by atoms with Crippen LogP contribution < -0.4 is 20.1 Å². The highest BCUT2D eigenvalue weighted by atomic mass is 16.6. The van der Waals surface area contributed by atoms with E-state index in [1.165, 1.54) is 0 Å². The number of likely N-dealkylation sites (N-methyl/N-ethyl adjacent to an activating group) is 1. The van der Waals surface area contributed by atoms with Gasteiger partial charge in [0.25, 0.3) is 0 Å². The van der Waals surface area contributed by atoms with Crippen LogP contribution in [0.4, 0.5) is 4.79 Å². The zero-order valence-corrected chi connectivity index (χ0v) is 14.2. The van der Waals surface area contributed by atoms with Crippen molar-refractivity contribution < 1.29 is 19.1 Å². The first-order valence-electron chi connectivity index (χ1n) is 8.30. The molecule has 1 unspecified atom stereocenters. The Hall–Kier alpha value is -2.28. The predicted octanol–water partition coefficient (Wildman–Crippen LogP) is 1.38. The summed E-state index contributed by atoms with van der Waals surface area (Å²) in [5.41, 5.74) is 0. The highest BCUT2D eigenvalue weighted by Gasteiger charge is 2.23. The van der Waals surface area contributed by atoms with Crippen molar-refractivity contribution in [3.63, 3.8) is 0 Å². The molecule has 2 rings (SSSR count). The number of para-hydroxylation sites is 2. The van der Waals surface area contributed by atoms with Crippen LogP contribution in [0.2, 0.25) is 0 Å². The quantitative estimate of drug-likeness (QED) is 0.787. The Morgan fingerprint density at radius 3 is 2.71 bits per heavy atom. The van der Waals surface area contributed by atoms with E-state index >= 15 is 0 Å². The lowest BCUT2D eigenvalue weighted by atomic mass is 10.2. The van der Waals surface area contributed by atoms with Gasteiger partial charge in [0.2, 0.25) is 5.91 Å². The van der Waals surface area contributed by atoms with Crippen molar-refractivity contribution in [2.24, 2.45) is 0 Å². The Labute approximate surface area is 142 Å². The van der Waals surface area contributed by atoms with Gasteiger partial charge in [-0.15, -0.1) is 0 Å². The van der Waals surface area contributed by atoms with Gasteiger partial charge in [0.15, 0.2) is 11.5 Å². The van der Waals surface area contributed by atoms with Crippen molar-refractivity contribution >= 4 is 11.9 Å². The highest BCUT2D eigenvalue weighted by molar-refractivity contribution is 5.95. The van der Waals surface area contributed by atoms with Gasteiger partial charge in [0, 0.05) is 13.1 Å². The Kier molecular flexibility index (Phi) is 6.87. The fourth-order valence-corrected chi connectivity index (χ4v) is 2.40. The molecule has 0 fully saturated rings. The van der Waals surface area contributed by atoms with Gasteiger partial charge < -0.3 is 14.8 Å². The lowest BCUT2D eigenvalue weighted by Crippen LogP contribution is -2.47. The largest absolute Gasteiger partial charge is 0.486 e. The molecule has 0 radical (unpaired) electrons. The van der Waals surface area contributed by atoms with Crippen LogP contribution in [0.3, 0.4) is 0 Å². The summed E-state index contributed by atoms with van der Waals surface area (Å²) in [5.74, 6) is 1.12. The molecule has 0 saturated heterocycles. The van der Waals surface area contributed by atoms with Gasteiger partial charge in [0.05, 0.1) is 6.54 Å². The van der Waals surface area contributed by atoms with Crippen molar-refractivity contribution in [3.8, 4) is 11.5 Å². The molecule has 7 heteroatoms. The Morgan fingerprint density at radius 2 is 2.00 bits per heavy atom. The van der Waals surface area contributed by atoms with Crippen molar-refractivity contribution in [3.05, 3.63) is 24.3 Å². The van der Waals surface area contributed by atoms with Gasteiger partial charge in [-0.3, -0.25) is 15.0 Å². The summed E-state index contributed by atoms with van der Waals surface area (Å²) in [6.45, 7) is 6.25. The number of urea groups is 1. The summed E-state index contributed by atoms with van der Waals surface area (Å²) < 4.78 is 11.6. The summed E-state index contributed by atoms with van der Waals surface area (Å²) in [6.07, 6.45) is 0.671. The van der Waals surface area contributed by atoms with Gasteiger partial charge >= 0.3 is 6.03 Å². The number of ether oxygens (including phenoxy) is 2. The average molecular weight is 335 g/mol. The van der Waals surface area contributed by atoms with Gasteiger partial charge in [0.1, 0.15) is 12.7 Å². The van der Waals surface area contributed by atoms with Crippen molar-refractivity contribution in [1.29, 1.82) is 0 Å². The van der Waals surface area contributed by atoms with Crippen LogP contribution in [-0.4, -0.2) is 55.7 Å². The molecule has 24 heavy (non-hydrogen) atoms. The summed E-state index contributed by atoms with van der Waals surface area (Å²) in [7, 11) is 0. The lowest BCUT2D eigenvalue weighted by Gasteiger charge is -2.30. The molecule has 2 N–H and O–H groups in total. The van der Waals surface area contributed by atoms with Crippen molar-refractivity contribution in [1.82, 2.24) is 15.5 Å². The number of nitrogens with one attached hydrogen (secondary N) is 2. The molecule has 0 saturated carbocycles. The minimum atomic E-state index is -0.455. The smallest absolute Gasteiger partial charge is 0.321 e. The number of rotatable bonds is 7. The molecule has 1 aromatic carbocycles. The maximum atomic E-state index is 11.9. The molecule has 1 atom stereocenters. The van der Waals surface area contributed by atoms with E-state index in [0.29, 0.717) is 32.0 Å². The third-order valence-electron chi connectivity index (χ3n) is 3.63. The van der Waals surface area contributed by atoms with E-state index in [1.807, 2.05) is 43.0 Å². The Morgan fingerprint density at radius 1 is 1.25 bits per heavy atom. The summed E-state index contributed by atoms with van der Waals surface area (Å²) in [4.78, 5) is 25.4. The first kappa shape index (κ1) is 18.1. The molecule has 0 aliphatic carbocycles. The predicted molar refractivity (Wildman–Crippen MR) is 90.3 cm³/mol. The zero-order chi connectivity index (χ0) is 17.4. The molecule has 1 aromatic rings. The number of hydrogen-bond acceptors (Lipinski definition) is 5. The van der Waals surface area contributed by atoms with Crippen LogP contribution in [0.25, 0.3) is 0 Å². The average Bonchev–Trinajstić information content (AvgIpc) is 2.59. The summed E-state index contributed by atoms with van der Waals surface area (Å²) in [6, 6.07) is 7.07. The fourth-order valence-electron chi connectivity index (χ4n) is 2.40. The van der Waals surface area contributed by atoms with Crippen LogP contribution in [0.15, 0.2) is 24.3 Å². The third-order valence-corrected chi connectivity index (χ3v) is 3.63. The molecule has 0 bridgehead atoms. The summed E-state index contributed by atoms with van der Waals surface area (Å²) in [5, 5.41) is 4.94. The number of amides is 3. The Bertz CT molecular complexity index is 565. The fraction of sp³-hybridized carbons (Fsp3) is 0.529. The highest BCUT2D eigenvalue weighted by Crippen LogP contribution is 2.30. The van der Waals surface area contributed by atoms with E-state index in [9.17, 15) is 9.59 Å². The third kappa shape index (κ3) is 5.42. The summed E-state index contributed by atoms with van der Waals surface area (Å²) >= 11 is 0. The Balaban J connectivity index is 1.80. The molecule has 1 heterocycles. The van der Waals surface area contributed by atoms with Gasteiger partial charge in [-0.1, -0.05) is 26.0 Å². The molecule has 0 spiro atoms. The second kappa shape index (κ2) is 9.12. The molecule has 1 aliphatic rings. The molecular weight excluding hydrogens is 310 g/mol. The van der Waals surface area contributed by atoms with Crippen molar-refractivity contribution in [2.75, 3.05) is 32.8 Å². The van der Waals surface area contributed by atoms with Crippen LogP contribution in [0.1, 0.15) is 20.3 Å². The van der Waals surface area contributed by atoms with Crippen LogP contribution in [-0.2, 0) is 4.79 Å². The molecule has 132 valence electrons. The van der Waals surface area contributed by atoms with E-state index in [2.05, 4.69) is 10.6 Å². The number of hydrogen-bond donors (Lipinski definition) is 2. The normalized spacial score (nSPS) is 15.9. The van der Waals surface area contributed by atoms with Gasteiger partial charge in [-0.25, -0.2) is 4.79 Å². The second-order valence-electron chi connectivity index (χ2n) is 5.63. The van der Waals surface area contributed by atoms with E-state index in [-0.39, 0.29) is 18.6 Å². The van der Waals surface area contributed by atoms with Crippen LogP contribution in [0, 0.1) is 0 Å². The minimum Gasteiger partial charge on any atom is -0.486 e. The van der Waals surface area contributed by atoms with Gasteiger partial charge in [-0.2, -0.15) is 0 Å². The number of carbonyl (C=O) groups excluding carboxylic acids is 2. The van der Waals surface area contributed by atoms with Crippen molar-refractivity contribution in [2.45, 2.75) is 26.4 Å². The van der Waals surface area contributed by atoms with Crippen LogP contribution in [0.5, 0.6) is 11.5 Å². The minimum absolute atomic E-state index is 0.136. The lowest BCUT2D eigenvalue weighted by molar-refractivity contribution is -0.121. The standard InChI is InChI=1S/C17H25N3O4/c1-3-9-18-17(22)19-16(21)11-20(4-2)10-13-12-23-14-7-5-6-8-15(14)24-13/h5-8,13H,3-4,9-12H2,1-2H3,(H2,18,19,21,22). The molecule has 0 aromatic heterocycles.